The highest BCUT2D eigenvalue weighted by atomic mass is 35.5. The number of hydrogen-bond acceptors (Lipinski definition) is 4. The maximum Gasteiger partial charge on any atom is 0.328 e. The molecule has 1 aliphatic heterocycles. The minimum absolute atomic E-state index is 0.111. The molecule has 21 heavy (non-hydrogen) atoms. The normalized spacial score (nSPS) is 18.3. The largest absolute Gasteiger partial charge is 0.480 e. The summed E-state index contributed by atoms with van der Waals surface area (Å²) in [6.45, 7) is -0.407. The molecule has 1 heterocycles. The highest BCUT2D eigenvalue weighted by Gasteiger charge is 2.36. The number of thioether (sulfide) groups is 1. The highest BCUT2D eigenvalue weighted by Crippen LogP contribution is 2.25. The lowest BCUT2D eigenvalue weighted by molar-refractivity contribution is -0.144. The first-order chi connectivity index (χ1) is 9.93. The van der Waals surface area contributed by atoms with Crippen molar-refractivity contribution in [2.75, 3.05) is 19.3 Å². The van der Waals surface area contributed by atoms with Crippen LogP contribution in [0, 0.1) is 0 Å². The van der Waals surface area contributed by atoms with E-state index in [2.05, 4.69) is 5.32 Å². The molecule has 2 rings (SSSR count). The molecule has 0 radical (unpaired) electrons. The second-order valence-corrected chi connectivity index (χ2v) is 5.72. The van der Waals surface area contributed by atoms with Crippen molar-refractivity contribution in [2.45, 2.75) is 10.9 Å². The number of rotatable bonds is 3. The van der Waals surface area contributed by atoms with Crippen molar-refractivity contribution in [2.24, 2.45) is 0 Å². The molecule has 1 unspecified atom stereocenters. The Morgan fingerprint density at radius 2 is 2.19 bits per heavy atom. The average molecular weight is 329 g/mol. The van der Waals surface area contributed by atoms with E-state index in [4.69, 9.17) is 11.6 Å². The van der Waals surface area contributed by atoms with Crippen molar-refractivity contribution in [3.63, 3.8) is 0 Å². The van der Waals surface area contributed by atoms with Crippen LogP contribution >= 0.6 is 23.4 Å². The SMILES string of the molecule is CSc1ccc(Cl)c(C(=O)N2CC(=O)NCC2C(=O)O)c1. The zero-order valence-corrected chi connectivity index (χ0v) is 12.7. The molecule has 0 bridgehead atoms. The zero-order valence-electron chi connectivity index (χ0n) is 11.1. The van der Waals surface area contributed by atoms with Gasteiger partial charge in [-0.3, -0.25) is 9.59 Å². The number of carboxylic acid groups (broad SMARTS) is 1. The van der Waals surface area contributed by atoms with Crippen molar-refractivity contribution in [3.05, 3.63) is 28.8 Å². The highest BCUT2D eigenvalue weighted by molar-refractivity contribution is 7.98. The van der Waals surface area contributed by atoms with Gasteiger partial charge in [0.2, 0.25) is 5.91 Å². The number of halogens is 1. The molecule has 8 heteroatoms. The van der Waals surface area contributed by atoms with Crippen LogP contribution in [0.25, 0.3) is 0 Å². The van der Waals surface area contributed by atoms with E-state index in [1.807, 2.05) is 6.26 Å². The Bertz CT molecular complexity index is 608. The van der Waals surface area contributed by atoms with Crippen molar-refractivity contribution in [1.29, 1.82) is 0 Å². The standard InChI is InChI=1S/C13H13ClN2O4S/c1-21-7-2-3-9(14)8(4-7)12(18)16-6-11(17)15-5-10(16)13(19)20/h2-4,10H,5-6H2,1H3,(H,15,17)(H,19,20). The van der Waals surface area contributed by atoms with Crippen LogP contribution in [0.3, 0.4) is 0 Å². The number of nitrogens with one attached hydrogen (secondary N) is 1. The van der Waals surface area contributed by atoms with Gasteiger partial charge in [-0.25, -0.2) is 4.79 Å². The number of hydrogen-bond donors (Lipinski definition) is 2. The lowest BCUT2D eigenvalue weighted by Crippen LogP contribution is -2.59. The van der Waals surface area contributed by atoms with Crippen molar-refractivity contribution in [3.8, 4) is 0 Å². The molecule has 1 aromatic carbocycles. The van der Waals surface area contributed by atoms with Gasteiger partial charge in [0.05, 0.1) is 10.6 Å². The van der Waals surface area contributed by atoms with Gasteiger partial charge < -0.3 is 15.3 Å². The van der Waals surface area contributed by atoms with E-state index < -0.39 is 23.8 Å². The van der Waals surface area contributed by atoms with E-state index in [1.165, 1.54) is 11.8 Å². The number of aliphatic carboxylic acids is 1. The van der Waals surface area contributed by atoms with E-state index in [9.17, 15) is 19.5 Å². The fourth-order valence-electron chi connectivity index (χ4n) is 2.03. The fraction of sp³-hybridized carbons (Fsp3) is 0.308. The van der Waals surface area contributed by atoms with Gasteiger partial charge in [-0.1, -0.05) is 11.6 Å². The molecule has 1 fully saturated rings. The maximum atomic E-state index is 12.5. The van der Waals surface area contributed by atoms with Crippen LogP contribution in [-0.4, -0.2) is 53.2 Å². The summed E-state index contributed by atoms with van der Waals surface area (Å²) in [5.74, 6) is -2.11. The van der Waals surface area contributed by atoms with E-state index in [0.717, 1.165) is 9.80 Å². The Hall–Kier alpha value is -1.73. The van der Waals surface area contributed by atoms with E-state index in [-0.39, 0.29) is 23.7 Å². The predicted molar refractivity (Wildman–Crippen MR) is 78.7 cm³/mol. The molecule has 1 saturated heterocycles. The molecular formula is C13H13ClN2O4S. The molecule has 0 spiro atoms. The summed E-state index contributed by atoms with van der Waals surface area (Å²) in [5, 5.41) is 11.8. The van der Waals surface area contributed by atoms with Gasteiger partial charge in [0, 0.05) is 11.4 Å². The summed E-state index contributed by atoms with van der Waals surface area (Å²) in [7, 11) is 0. The monoisotopic (exact) mass is 328 g/mol. The first-order valence-corrected chi connectivity index (χ1v) is 7.68. The summed E-state index contributed by atoms with van der Waals surface area (Å²) in [5.41, 5.74) is 0.199. The molecule has 1 aliphatic rings. The number of piperazine rings is 1. The van der Waals surface area contributed by atoms with Gasteiger partial charge in [-0.05, 0) is 24.5 Å². The molecule has 0 saturated carbocycles. The van der Waals surface area contributed by atoms with Gasteiger partial charge in [-0.15, -0.1) is 11.8 Å². The number of nitrogens with zero attached hydrogens (tertiary/aromatic N) is 1. The zero-order chi connectivity index (χ0) is 15.6. The Kier molecular flexibility index (Phi) is 4.74. The molecule has 112 valence electrons. The molecule has 0 aromatic heterocycles. The third kappa shape index (κ3) is 3.30. The van der Waals surface area contributed by atoms with Crippen LogP contribution in [0.4, 0.5) is 0 Å². The van der Waals surface area contributed by atoms with Crippen LogP contribution in [-0.2, 0) is 9.59 Å². The lowest BCUT2D eigenvalue weighted by Gasteiger charge is -2.33. The summed E-state index contributed by atoms with van der Waals surface area (Å²) in [6, 6.07) is 3.85. The number of carbonyl (C=O) groups is 3. The van der Waals surface area contributed by atoms with E-state index in [0.29, 0.717) is 0 Å². The quantitative estimate of drug-likeness (QED) is 0.811. The Labute approximate surface area is 130 Å². The van der Waals surface area contributed by atoms with Gasteiger partial charge in [0.1, 0.15) is 12.6 Å². The number of amides is 2. The maximum absolute atomic E-state index is 12.5. The van der Waals surface area contributed by atoms with Crippen LogP contribution in [0.1, 0.15) is 10.4 Å². The van der Waals surface area contributed by atoms with Gasteiger partial charge in [0.15, 0.2) is 0 Å². The van der Waals surface area contributed by atoms with Crippen LogP contribution in [0.15, 0.2) is 23.1 Å². The van der Waals surface area contributed by atoms with Crippen LogP contribution in [0.5, 0.6) is 0 Å². The fourth-order valence-corrected chi connectivity index (χ4v) is 2.66. The minimum Gasteiger partial charge on any atom is -0.480 e. The summed E-state index contributed by atoms with van der Waals surface area (Å²) < 4.78 is 0. The van der Waals surface area contributed by atoms with E-state index >= 15 is 0 Å². The number of benzene rings is 1. The summed E-state index contributed by atoms with van der Waals surface area (Å²) in [6.07, 6.45) is 1.85. The van der Waals surface area contributed by atoms with E-state index in [1.54, 1.807) is 18.2 Å². The second-order valence-electron chi connectivity index (χ2n) is 4.44. The summed E-state index contributed by atoms with van der Waals surface area (Å²) in [4.78, 5) is 37.1. The second kappa shape index (κ2) is 6.36. The molecule has 6 nitrogen and oxygen atoms in total. The Balaban J connectivity index is 2.36. The Morgan fingerprint density at radius 1 is 1.48 bits per heavy atom. The Morgan fingerprint density at radius 3 is 2.81 bits per heavy atom. The minimum atomic E-state index is -1.17. The third-order valence-electron chi connectivity index (χ3n) is 3.13. The number of carboxylic acids is 1. The molecule has 2 N–H and O–H groups in total. The first kappa shape index (κ1) is 15.7. The van der Waals surface area contributed by atoms with Crippen molar-refractivity contribution in [1.82, 2.24) is 10.2 Å². The third-order valence-corrected chi connectivity index (χ3v) is 4.19. The average Bonchev–Trinajstić information content (AvgIpc) is 2.46. The lowest BCUT2D eigenvalue weighted by atomic mass is 10.1. The first-order valence-electron chi connectivity index (χ1n) is 6.08. The van der Waals surface area contributed by atoms with Gasteiger partial charge in [0.25, 0.3) is 5.91 Å². The predicted octanol–water partition coefficient (Wildman–Crippen LogP) is 1.09. The van der Waals surface area contributed by atoms with Crippen LogP contribution in [0.2, 0.25) is 5.02 Å². The van der Waals surface area contributed by atoms with Gasteiger partial charge in [-0.2, -0.15) is 0 Å². The number of carbonyl (C=O) groups excluding carboxylic acids is 2. The molecule has 1 aromatic rings. The summed E-state index contributed by atoms with van der Waals surface area (Å²) >= 11 is 7.46. The molecule has 2 amide bonds. The van der Waals surface area contributed by atoms with Crippen molar-refractivity contribution >= 4 is 41.1 Å². The molecular weight excluding hydrogens is 316 g/mol. The molecule has 1 atom stereocenters. The van der Waals surface area contributed by atoms with Crippen molar-refractivity contribution < 1.29 is 19.5 Å². The van der Waals surface area contributed by atoms with Gasteiger partial charge >= 0.3 is 5.97 Å². The smallest absolute Gasteiger partial charge is 0.328 e. The van der Waals surface area contributed by atoms with Crippen LogP contribution < -0.4 is 5.32 Å². The molecule has 0 aliphatic carbocycles. The topological polar surface area (TPSA) is 86.7 Å².